The van der Waals surface area contributed by atoms with Gasteiger partial charge >= 0.3 is 0 Å². The molecule has 2 aliphatic heterocycles. The smallest absolute Gasteiger partial charge is 0.268 e. The van der Waals surface area contributed by atoms with E-state index < -0.39 is 0 Å². The molecule has 0 N–H and O–H groups in total. The molecule has 0 bridgehead atoms. The van der Waals surface area contributed by atoms with Crippen LogP contribution in [0, 0.1) is 0 Å². The molecule has 7 heteroatoms. The second-order valence-electron chi connectivity index (χ2n) is 5.97. The molecule has 2 aliphatic rings. The van der Waals surface area contributed by atoms with Crippen LogP contribution < -0.4 is 4.90 Å². The molecule has 132 valence electrons. The highest BCUT2D eigenvalue weighted by molar-refractivity contribution is 8.27. The summed E-state index contributed by atoms with van der Waals surface area (Å²) in [5.41, 5.74) is 2.22. The number of thioether (sulfide) groups is 2. The van der Waals surface area contributed by atoms with Gasteiger partial charge in [0.15, 0.2) is 0 Å². The van der Waals surface area contributed by atoms with Crippen molar-refractivity contribution in [2.75, 3.05) is 18.5 Å². The number of carbonyl (C=O) groups is 1. The van der Waals surface area contributed by atoms with Crippen LogP contribution in [0.2, 0.25) is 5.02 Å². The Morgan fingerprint density at radius 1 is 1.12 bits per heavy atom. The number of thiocarbonyl (C=S) groups is 1. The Hall–Kier alpha value is -1.47. The van der Waals surface area contributed by atoms with Crippen molar-refractivity contribution in [1.82, 2.24) is 4.90 Å². The molecule has 0 spiro atoms. The summed E-state index contributed by atoms with van der Waals surface area (Å²) in [6.07, 6.45) is 0.786. The van der Waals surface area contributed by atoms with Crippen LogP contribution in [0.5, 0.6) is 0 Å². The number of nitrogens with zero attached hydrogens (tertiary/aromatic N) is 2. The van der Waals surface area contributed by atoms with E-state index in [1.807, 2.05) is 48.3 Å². The predicted molar refractivity (Wildman–Crippen MR) is 115 cm³/mol. The predicted octanol–water partition coefficient (Wildman–Crippen LogP) is 5.15. The average molecular weight is 419 g/mol. The van der Waals surface area contributed by atoms with E-state index in [4.69, 9.17) is 23.8 Å². The van der Waals surface area contributed by atoms with Crippen molar-refractivity contribution in [3.63, 3.8) is 0 Å². The zero-order valence-corrected chi connectivity index (χ0v) is 17.1. The van der Waals surface area contributed by atoms with Crippen LogP contribution in [-0.4, -0.2) is 28.7 Å². The first-order chi connectivity index (χ1) is 12.5. The molecule has 0 aromatic heterocycles. The van der Waals surface area contributed by atoms with Gasteiger partial charge in [-0.25, -0.2) is 0 Å². The van der Waals surface area contributed by atoms with Crippen LogP contribution in [0.25, 0.3) is 0 Å². The molecule has 26 heavy (non-hydrogen) atoms. The minimum Gasteiger partial charge on any atom is -0.337 e. The van der Waals surface area contributed by atoms with Gasteiger partial charge in [0.1, 0.15) is 9.23 Å². The monoisotopic (exact) mass is 418 g/mol. The number of hydrogen-bond donors (Lipinski definition) is 0. The maximum Gasteiger partial charge on any atom is 0.268 e. The SMILES string of the molecule is CN1/C(=C2/SC(=S)N(CCc3ccccc3)C2=O)Sc2ccc(Cl)cc21. The third-order valence-electron chi connectivity index (χ3n) is 4.30. The topological polar surface area (TPSA) is 23.6 Å². The van der Waals surface area contributed by atoms with Gasteiger partial charge in [0.05, 0.1) is 10.7 Å². The fourth-order valence-electron chi connectivity index (χ4n) is 2.92. The molecular weight excluding hydrogens is 404 g/mol. The number of anilines is 1. The standard InChI is InChI=1S/C19H15ClN2OS3/c1-21-14-11-13(20)7-8-15(14)25-18(21)16-17(23)22(19(24)26-16)10-9-12-5-3-2-4-6-12/h2-8,11H,9-10H2,1H3/b18-16-. The van der Waals surface area contributed by atoms with E-state index in [1.165, 1.54) is 17.3 Å². The molecule has 0 unspecified atom stereocenters. The van der Waals surface area contributed by atoms with Crippen LogP contribution in [0.1, 0.15) is 5.56 Å². The molecule has 3 nitrogen and oxygen atoms in total. The highest BCUT2D eigenvalue weighted by atomic mass is 35.5. The van der Waals surface area contributed by atoms with Gasteiger partial charge in [0, 0.05) is 23.5 Å². The summed E-state index contributed by atoms with van der Waals surface area (Å²) < 4.78 is 0.622. The van der Waals surface area contributed by atoms with E-state index in [2.05, 4.69) is 12.1 Å². The molecule has 2 aromatic rings. The van der Waals surface area contributed by atoms with E-state index in [9.17, 15) is 4.79 Å². The van der Waals surface area contributed by atoms with Gasteiger partial charge in [0.2, 0.25) is 0 Å². The van der Waals surface area contributed by atoms with Gasteiger partial charge in [-0.2, -0.15) is 0 Å². The van der Waals surface area contributed by atoms with E-state index >= 15 is 0 Å². The minimum atomic E-state index is -0.0100. The zero-order chi connectivity index (χ0) is 18.3. The lowest BCUT2D eigenvalue weighted by atomic mass is 10.1. The van der Waals surface area contributed by atoms with Crippen LogP contribution in [0.4, 0.5) is 5.69 Å². The molecular formula is C19H15ClN2OS3. The zero-order valence-electron chi connectivity index (χ0n) is 13.9. The molecule has 1 amide bonds. The maximum absolute atomic E-state index is 13.0. The first kappa shape index (κ1) is 17.9. The Morgan fingerprint density at radius 2 is 1.88 bits per heavy atom. The van der Waals surface area contributed by atoms with Crippen LogP contribution in [0.15, 0.2) is 63.4 Å². The third-order valence-corrected chi connectivity index (χ3v) is 7.34. The molecule has 2 aromatic carbocycles. The van der Waals surface area contributed by atoms with Crippen molar-refractivity contribution in [2.45, 2.75) is 11.3 Å². The Bertz CT molecular complexity index is 930. The molecule has 0 saturated carbocycles. The summed E-state index contributed by atoms with van der Waals surface area (Å²) in [4.78, 5) is 18.5. The van der Waals surface area contributed by atoms with Crippen molar-refractivity contribution in [3.05, 3.63) is 69.1 Å². The number of fused-ring (bicyclic) bond motifs is 1. The number of carbonyl (C=O) groups excluding carboxylic acids is 1. The first-order valence-electron chi connectivity index (χ1n) is 8.07. The number of benzene rings is 2. The minimum absolute atomic E-state index is 0.0100. The number of rotatable bonds is 3. The quantitative estimate of drug-likeness (QED) is 0.506. The Morgan fingerprint density at radius 3 is 2.65 bits per heavy atom. The summed E-state index contributed by atoms with van der Waals surface area (Å²) in [7, 11) is 1.96. The van der Waals surface area contributed by atoms with Gasteiger partial charge in [0.25, 0.3) is 5.91 Å². The lowest BCUT2D eigenvalue weighted by Gasteiger charge is -2.16. The Kier molecular flexibility index (Phi) is 5.01. The van der Waals surface area contributed by atoms with Crippen molar-refractivity contribution in [2.24, 2.45) is 0 Å². The van der Waals surface area contributed by atoms with Gasteiger partial charge in [-0.1, -0.05) is 77.7 Å². The lowest BCUT2D eigenvalue weighted by molar-refractivity contribution is -0.122. The maximum atomic E-state index is 13.0. The molecule has 1 fully saturated rings. The molecule has 0 atom stereocenters. The lowest BCUT2D eigenvalue weighted by Crippen LogP contribution is -2.30. The highest BCUT2D eigenvalue weighted by Crippen LogP contribution is 2.50. The van der Waals surface area contributed by atoms with Crippen LogP contribution in [-0.2, 0) is 11.2 Å². The fourth-order valence-corrected chi connectivity index (χ4v) is 5.71. The first-order valence-corrected chi connectivity index (χ1v) is 10.5. The normalized spacial score (nSPS) is 19.5. The molecule has 2 heterocycles. The average Bonchev–Trinajstić information content (AvgIpc) is 3.11. The van der Waals surface area contributed by atoms with Crippen molar-refractivity contribution in [3.8, 4) is 0 Å². The Labute approximate surface area is 171 Å². The van der Waals surface area contributed by atoms with Gasteiger partial charge in [-0.15, -0.1) is 0 Å². The number of hydrogen-bond acceptors (Lipinski definition) is 5. The summed E-state index contributed by atoms with van der Waals surface area (Å²) in [5, 5.41) is 1.61. The van der Waals surface area contributed by atoms with Gasteiger partial charge in [-0.3, -0.25) is 9.69 Å². The second-order valence-corrected chi connectivity index (χ2v) is 9.08. The van der Waals surface area contributed by atoms with Gasteiger partial charge < -0.3 is 4.90 Å². The van der Waals surface area contributed by atoms with E-state index in [-0.39, 0.29) is 5.91 Å². The van der Waals surface area contributed by atoms with E-state index in [1.54, 1.807) is 16.7 Å². The van der Waals surface area contributed by atoms with Crippen molar-refractivity contribution < 1.29 is 4.79 Å². The van der Waals surface area contributed by atoms with Crippen molar-refractivity contribution in [1.29, 1.82) is 0 Å². The van der Waals surface area contributed by atoms with Crippen molar-refractivity contribution >= 4 is 63.3 Å². The van der Waals surface area contributed by atoms with Gasteiger partial charge in [-0.05, 0) is 30.2 Å². The molecule has 0 radical (unpaired) electrons. The van der Waals surface area contributed by atoms with Crippen LogP contribution in [0.3, 0.4) is 0 Å². The summed E-state index contributed by atoms with van der Waals surface area (Å²) in [5.74, 6) is -0.0100. The third kappa shape index (κ3) is 3.27. The summed E-state index contributed by atoms with van der Waals surface area (Å²) >= 11 is 14.6. The second kappa shape index (κ2) is 7.27. The molecule has 1 saturated heterocycles. The largest absolute Gasteiger partial charge is 0.337 e. The summed E-state index contributed by atoms with van der Waals surface area (Å²) in [6.45, 7) is 0.596. The highest BCUT2D eigenvalue weighted by Gasteiger charge is 2.37. The van der Waals surface area contributed by atoms with E-state index in [0.717, 1.165) is 22.0 Å². The fraction of sp³-hybridized carbons (Fsp3) is 0.158. The Balaban J connectivity index is 1.56. The number of halogens is 1. The summed E-state index contributed by atoms with van der Waals surface area (Å²) in [6, 6.07) is 15.9. The molecule has 4 rings (SSSR count). The van der Waals surface area contributed by atoms with E-state index in [0.29, 0.717) is 20.8 Å². The number of amides is 1. The molecule has 0 aliphatic carbocycles. The van der Waals surface area contributed by atoms with Crippen LogP contribution >= 0.6 is 47.3 Å².